The van der Waals surface area contributed by atoms with E-state index in [0.29, 0.717) is 12.8 Å². The van der Waals surface area contributed by atoms with Gasteiger partial charge in [-0.25, -0.2) is 8.42 Å². The summed E-state index contributed by atoms with van der Waals surface area (Å²) in [7, 11) is -6.57. The summed E-state index contributed by atoms with van der Waals surface area (Å²) >= 11 is 0. The minimum Gasteiger partial charge on any atom is -0.465 e. The Kier molecular flexibility index (Phi) is 8.52. The van der Waals surface area contributed by atoms with Crippen molar-refractivity contribution in [3.8, 4) is 0 Å². The maximum Gasteiger partial charge on any atom is 0.324 e. The number of rotatable bonds is 8. The molecular weight excluding hydrogens is 619 g/mol. The third-order valence-corrected chi connectivity index (χ3v) is 16.1. The zero-order valence-electron chi connectivity index (χ0n) is 27.3. The number of nitrogens with zero attached hydrogens (tertiary/aromatic N) is 1. The molecule has 0 N–H and O–H groups in total. The molecule has 1 heterocycles. The van der Waals surface area contributed by atoms with Gasteiger partial charge < -0.3 is 9.47 Å². The standard InChI is InChI=1S/C36H43NO7SSi/c1-6-43-34(39)36(35(40)44-7-2)20-27-28(21-36)33(46(4,5)25-12-9-8-10-13-25)32(38)26-14-11-15-30-31(26)29(27)22-37(30)45(41,42)24-18-16-23(3)17-19-24/h8-10,12-13,16-19,26,30-31H,6-7,11,14-15,20-22H2,1-5H3/t26-,30+,31+/m1/s1. The summed E-state index contributed by atoms with van der Waals surface area (Å²) in [6.07, 6.45) is 2.08. The Bertz CT molecular complexity index is 1730. The fourth-order valence-corrected chi connectivity index (χ4v) is 13.2. The van der Waals surface area contributed by atoms with E-state index in [1.807, 2.05) is 25.1 Å². The van der Waals surface area contributed by atoms with Crippen LogP contribution in [0.3, 0.4) is 0 Å². The van der Waals surface area contributed by atoms with Crippen molar-refractivity contribution in [3.05, 3.63) is 82.1 Å². The highest BCUT2D eigenvalue weighted by molar-refractivity contribution is 7.89. The molecule has 0 spiro atoms. The molecule has 0 unspecified atom stereocenters. The molecule has 8 nitrogen and oxygen atoms in total. The molecule has 4 aliphatic rings. The molecule has 2 saturated carbocycles. The number of ether oxygens (including phenoxy) is 2. The van der Waals surface area contributed by atoms with Gasteiger partial charge in [-0.15, -0.1) is 0 Å². The number of Topliss-reactive ketones (excluding diaryl/α,β-unsaturated/α-hetero) is 1. The van der Waals surface area contributed by atoms with Gasteiger partial charge in [0, 0.05) is 24.4 Å². The Labute approximate surface area is 272 Å². The molecule has 6 rings (SSSR count). The second-order valence-electron chi connectivity index (χ2n) is 13.6. The molecule has 2 aromatic rings. The third kappa shape index (κ3) is 5.04. The number of esters is 2. The first-order valence-corrected chi connectivity index (χ1v) is 20.8. The highest BCUT2D eigenvalue weighted by Crippen LogP contribution is 2.58. The van der Waals surface area contributed by atoms with Gasteiger partial charge in [0.15, 0.2) is 11.2 Å². The van der Waals surface area contributed by atoms with E-state index in [1.165, 1.54) is 0 Å². The smallest absolute Gasteiger partial charge is 0.324 e. The highest BCUT2D eigenvalue weighted by Gasteiger charge is 2.61. The highest BCUT2D eigenvalue weighted by atomic mass is 32.2. The Morgan fingerprint density at radius 2 is 1.52 bits per heavy atom. The number of carbonyl (C=O) groups is 3. The van der Waals surface area contributed by atoms with E-state index in [2.05, 4.69) is 25.2 Å². The van der Waals surface area contributed by atoms with Gasteiger partial charge in [0.2, 0.25) is 10.0 Å². The lowest BCUT2D eigenvalue weighted by Gasteiger charge is -2.37. The molecule has 1 saturated heterocycles. The van der Waals surface area contributed by atoms with Gasteiger partial charge in [0.05, 0.1) is 18.1 Å². The van der Waals surface area contributed by atoms with Crippen LogP contribution in [0.2, 0.25) is 13.1 Å². The normalized spacial score (nSPS) is 24.4. The average Bonchev–Trinajstić information content (AvgIpc) is 3.60. The van der Waals surface area contributed by atoms with Gasteiger partial charge in [-0.3, -0.25) is 14.4 Å². The van der Waals surface area contributed by atoms with Crippen LogP contribution in [-0.4, -0.2) is 64.3 Å². The van der Waals surface area contributed by atoms with Crippen LogP contribution in [-0.2, 0) is 33.9 Å². The maximum absolute atomic E-state index is 15.1. The molecule has 244 valence electrons. The molecule has 10 heteroatoms. The molecule has 0 amide bonds. The first kappa shape index (κ1) is 32.6. The van der Waals surface area contributed by atoms with E-state index in [1.54, 1.807) is 42.4 Å². The number of sulfonamides is 1. The number of carbonyl (C=O) groups excluding carboxylic acids is 3. The fraction of sp³-hybridized carbons (Fsp3) is 0.472. The molecule has 1 aliphatic heterocycles. The number of allylic oxidation sites excluding steroid dienone is 3. The van der Waals surface area contributed by atoms with Crippen molar-refractivity contribution in [3.63, 3.8) is 0 Å². The van der Waals surface area contributed by atoms with E-state index in [4.69, 9.17) is 9.47 Å². The molecule has 3 atom stereocenters. The number of ketones is 1. The van der Waals surface area contributed by atoms with Crippen molar-refractivity contribution >= 4 is 41.0 Å². The van der Waals surface area contributed by atoms with Crippen LogP contribution in [0.1, 0.15) is 51.5 Å². The van der Waals surface area contributed by atoms with Crippen LogP contribution in [0.5, 0.6) is 0 Å². The zero-order valence-corrected chi connectivity index (χ0v) is 29.1. The Morgan fingerprint density at radius 3 is 2.13 bits per heavy atom. The zero-order chi connectivity index (χ0) is 33.0. The topological polar surface area (TPSA) is 107 Å². The second-order valence-corrected chi connectivity index (χ2v) is 19.8. The first-order chi connectivity index (χ1) is 21.9. The van der Waals surface area contributed by atoms with Crippen molar-refractivity contribution < 1.29 is 32.3 Å². The van der Waals surface area contributed by atoms with Crippen molar-refractivity contribution in [2.45, 2.75) is 76.9 Å². The Balaban J connectivity index is 1.61. The summed E-state index contributed by atoms with van der Waals surface area (Å²) in [5, 5.41) is 1.83. The van der Waals surface area contributed by atoms with E-state index in [0.717, 1.165) is 39.1 Å². The van der Waals surface area contributed by atoms with Gasteiger partial charge in [0.25, 0.3) is 0 Å². The molecule has 0 radical (unpaired) electrons. The van der Waals surface area contributed by atoms with Crippen LogP contribution in [0, 0.1) is 24.2 Å². The Hall–Kier alpha value is -3.34. The summed E-state index contributed by atoms with van der Waals surface area (Å²) in [4.78, 5) is 42.9. The van der Waals surface area contributed by atoms with Gasteiger partial charge in [-0.2, -0.15) is 4.31 Å². The number of hydrogen-bond donors (Lipinski definition) is 0. The number of hydrogen-bond acceptors (Lipinski definition) is 7. The quantitative estimate of drug-likeness (QED) is 0.222. The molecule has 0 bridgehead atoms. The monoisotopic (exact) mass is 661 g/mol. The molecule has 0 aromatic heterocycles. The van der Waals surface area contributed by atoms with E-state index >= 15 is 4.79 Å². The van der Waals surface area contributed by atoms with E-state index in [9.17, 15) is 18.0 Å². The summed E-state index contributed by atoms with van der Waals surface area (Å²) in [6, 6.07) is 16.5. The van der Waals surface area contributed by atoms with Crippen molar-refractivity contribution in [1.82, 2.24) is 4.31 Å². The first-order valence-electron chi connectivity index (χ1n) is 16.4. The minimum atomic E-state index is -3.89. The fourth-order valence-electron chi connectivity index (χ4n) is 8.42. The largest absolute Gasteiger partial charge is 0.465 e. The summed E-state index contributed by atoms with van der Waals surface area (Å²) < 4.78 is 41.1. The maximum atomic E-state index is 15.1. The molecule has 3 aliphatic carbocycles. The van der Waals surface area contributed by atoms with Crippen LogP contribution in [0.15, 0.2) is 81.4 Å². The Morgan fingerprint density at radius 1 is 0.913 bits per heavy atom. The van der Waals surface area contributed by atoms with Crippen LogP contribution in [0.4, 0.5) is 0 Å². The third-order valence-electron chi connectivity index (χ3n) is 10.6. The van der Waals surface area contributed by atoms with Crippen molar-refractivity contribution in [2.75, 3.05) is 19.8 Å². The molecule has 3 fully saturated rings. The average molecular weight is 662 g/mol. The second kappa shape index (κ2) is 12.0. The van der Waals surface area contributed by atoms with Crippen molar-refractivity contribution in [2.24, 2.45) is 17.3 Å². The summed E-state index contributed by atoms with van der Waals surface area (Å²) in [5.74, 6) is -1.98. The summed E-state index contributed by atoms with van der Waals surface area (Å²) in [6.45, 7) is 9.95. The van der Waals surface area contributed by atoms with Crippen LogP contribution >= 0.6 is 0 Å². The van der Waals surface area contributed by atoms with Gasteiger partial charge in [-0.1, -0.05) is 72.7 Å². The SMILES string of the molecule is CCOC(=O)C1(C(=O)OCC)CC2=C3CN(S(=O)(=O)c4ccc(C)cc4)[C@H]4CCC[C@@H](C(=O)C([Si](C)(C)c5ccccc5)=C2C1)[C@@H]34. The van der Waals surface area contributed by atoms with Gasteiger partial charge in [-0.05, 0) is 80.5 Å². The summed E-state index contributed by atoms with van der Waals surface area (Å²) in [5.41, 5.74) is 1.70. The van der Waals surface area contributed by atoms with Crippen LogP contribution < -0.4 is 5.19 Å². The number of fused-ring (bicyclic) bond motifs is 1. The minimum absolute atomic E-state index is 0.00263. The molecular formula is C36H43NO7SSi. The lowest BCUT2D eigenvalue weighted by Crippen LogP contribution is -2.50. The van der Waals surface area contributed by atoms with Gasteiger partial charge >= 0.3 is 11.9 Å². The molecule has 46 heavy (non-hydrogen) atoms. The predicted molar refractivity (Wildman–Crippen MR) is 177 cm³/mol. The lowest BCUT2D eigenvalue weighted by atomic mass is 9.72. The number of benzene rings is 2. The van der Waals surface area contributed by atoms with Crippen LogP contribution in [0.25, 0.3) is 0 Å². The molecule has 2 aromatic carbocycles. The number of aryl methyl sites for hydroxylation is 1. The van der Waals surface area contributed by atoms with E-state index < -0.39 is 41.5 Å². The predicted octanol–water partition coefficient (Wildman–Crippen LogP) is 5.02. The van der Waals surface area contributed by atoms with E-state index in [-0.39, 0.29) is 55.1 Å². The lowest BCUT2D eigenvalue weighted by molar-refractivity contribution is -0.171. The van der Waals surface area contributed by atoms with Crippen molar-refractivity contribution in [1.29, 1.82) is 0 Å². The van der Waals surface area contributed by atoms with Gasteiger partial charge in [0.1, 0.15) is 8.07 Å².